The summed E-state index contributed by atoms with van der Waals surface area (Å²) in [7, 11) is 4.03. The number of likely N-dealkylation sites (N-methyl/N-ethyl adjacent to an activating group) is 2. The molecule has 9 heteroatoms. The van der Waals surface area contributed by atoms with Crippen LogP contribution >= 0.6 is 0 Å². The van der Waals surface area contributed by atoms with Crippen molar-refractivity contribution in [3.63, 3.8) is 0 Å². The number of aromatic nitrogens is 3. The molecular formula is C23H32N8O. The molecule has 2 aromatic heterocycles. The number of nitrogens with zero attached hydrogens (tertiary/aromatic N) is 7. The summed E-state index contributed by atoms with van der Waals surface area (Å²) < 4.78 is 0. The molecule has 0 bridgehead atoms. The van der Waals surface area contributed by atoms with E-state index >= 15 is 0 Å². The molecule has 3 fully saturated rings. The topological polar surface area (TPSA) is 80.7 Å². The van der Waals surface area contributed by atoms with Gasteiger partial charge in [-0.3, -0.25) is 4.90 Å². The number of anilines is 4. The Morgan fingerprint density at radius 3 is 2.47 bits per heavy atom. The predicted molar refractivity (Wildman–Crippen MR) is 126 cm³/mol. The van der Waals surface area contributed by atoms with E-state index in [0.29, 0.717) is 17.6 Å². The summed E-state index contributed by atoms with van der Waals surface area (Å²) in [5.41, 5.74) is 0.973. The van der Waals surface area contributed by atoms with Crippen molar-refractivity contribution in [2.45, 2.75) is 37.6 Å². The number of hydrogen-bond donors (Lipinski definition) is 1. The normalized spacial score (nSPS) is 21.4. The highest BCUT2D eigenvalue weighted by Crippen LogP contribution is 2.41. The van der Waals surface area contributed by atoms with Gasteiger partial charge in [-0.15, -0.1) is 0 Å². The van der Waals surface area contributed by atoms with Crippen LogP contribution in [0.2, 0.25) is 0 Å². The van der Waals surface area contributed by atoms with Crippen LogP contribution < -0.4 is 15.1 Å². The fourth-order valence-electron chi connectivity index (χ4n) is 5.25. The molecule has 2 aromatic rings. The largest absolute Gasteiger partial charge is 0.368 e. The number of hydrogen-bond acceptors (Lipinski definition) is 7. The maximum absolute atomic E-state index is 13.0. The molecule has 0 atom stereocenters. The molecule has 2 amide bonds. The first-order valence-corrected chi connectivity index (χ1v) is 11.6. The lowest BCUT2D eigenvalue weighted by Gasteiger charge is -2.39. The van der Waals surface area contributed by atoms with Crippen molar-refractivity contribution in [1.29, 1.82) is 0 Å². The van der Waals surface area contributed by atoms with Crippen LogP contribution in [0.5, 0.6) is 0 Å². The quantitative estimate of drug-likeness (QED) is 0.789. The standard InChI is InChI=1S/C23H32N8O/c1-28-12-14-30(15-13-28)18-6-7-19(25-16-18)26-21-24-11-8-20(27-21)31-22(32)29(2)17-23(31)9-4-3-5-10-23/h6-8,11,16H,3-5,9-10,12-15,17H2,1-2H3,(H,24,25,26,27). The van der Waals surface area contributed by atoms with Crippen LogP contribution in [-0.2, 0) is 0 Å². The van der Waals surface area contributed by atoms with Gasteiger partial charge in [-0.2, -0.15) is 4.98 Å². The monoisotopic (exact) mass is 436 g/mol. The molecule has 2 aliphatic heterocycles. The molecule has 0 radical (unpaired) electrons. The number of urea groups is 1. The minimum atomic E-state index is -0.155. The van der Waals surface area contributed by atoms with E-state index in [1.807, 2.05) is 35.2 Å². The molecule has 0 aromatic carbocycles. The van der Waals surface area contributed by atoms with Gasteiger partial charge in [0.2, 0.25) is 5.95 Å². The summed E-state index contributed by atoms with van der Waals surface area (Å²) in [5, 5.41) is 3.21. The Morgan fingerprint density at radius 2 is 1.75 bits per heavy atom. The first-order valence-electron chi connectivity index (χ1n) is 11.6. The SMILES string of the molecule is CN1CCN(c2ccc(Nc3nccc(N4C(=O)N(C)CC45CCCCC5)n3)nc2)CC1. The first-order chi connectivity index (χ1) is 15.5. The second-order valence-electron chi connectivity index (χ2n) is 9.31. The van der Waals surface area contributed by atoms with E-state index < -0.39 is 0 Å². The maximum Gasteiger partial charge on any atom is 0.326 e. The van der Waals surface area contributed by atoms with Gasteiger partial charge in [0.1, 0.15) is 11.6 Å². The third kappa shape index (κ3) is 3.97. The Balaban J connectivity index is 1.32. The summed E-state index contributed by atoms with van der Waals surface area (Å²) in [4.78, 5) is 35.1. The summed E-state index contributed by atoms with van der Waals surface area (Å²) in [6, 6.07) is 5.90. The molecule has 170 valence electrons. The van der Waals surface area contributed by atoms with E-state index in [1.54, 1.807) is 6.20 Å². The fourth-order valence-corrected chi connectivity index (χ4v) is 5.25. The zero-order chi connectivity index (χ0) is 22.1. The minimum absolute atomic E-state index is 0.0196. The number of rotatable bonds is 4. The molecule has 1 N–H and O–H groups in total. The van der Waals surface area contributed by atoms with E-state index in [-0.39, 0.29) is 11.6 Å². The summed E-state index contributed by atoms with van der Waals surface area (Å²) >= 11 is 0. The van der Waals surface area contributed by atoms with E-state index in [0.717, 1.165) is 64.1 Å². The molecule has 1 spiro atoms. The average molecular weight is 437 g/mol. The fraction of sp³-hybridized carbons (Fsp3) is 0.565. The molecule has 5 rings (SSSR count). The van der Waals surface area contributed by atoms with Gasteiger partial charge >= 0.3 is 6.03 Å². The lowest BCUT2D eigenvalue weighted by atomic mass is 9.81. The smallest absolute Gasteiger partial charge is 0.326 e. The van der Waals surface area contributed by atoms with Crippen LogP contribution in [0.15, 0.2) is 30.6 Å². The maximum atomic E-state index is 13.0. The predicted octanol–water partition coefficient (Wildman–Crippen LogP) is 2.94. The van der Waals surface area contributed by atoms with E-state index in [2.05, 4.69) is 38.2 Å². The lowest BCUT2D eigenvalue weighted by Crippen LogP contribution is -2.49. The summed E-state index contributed by atoms with van der Waals surface area (Å²) in [6.45, 7) is 4.90. The molecule has 1 aliphatic carbocycles. The number of amides is 2. The van der Waals surface area contributed by atoms with Gasteiger partial charge in [0, 0.05) is 46.0 Å². The summed E-state index contributed by atoms with van der Waals surface area (Å²) in [5.74, 6) is 1.81. The van der Waals surface area contributed by atoms with E-state index in [1.165, 1.54) is 6.42 Å². The Hall–Kier alpha value is -2.94. The number of pyridine rings is 1. The van der Waals surface area contributed by atoms with Gasteiger partial charge < -0.3 is 20.0 Å². The Labute approximate surface area is 189 Å². The molecule has 32 heavy (non-hydrogen) atoms. The van der Waals surface area contributed by atoms with Crippen LogP contribution in [-0.4, -0.2) is 83.1 Å². The van der Waals surface area contributed by atoms with E-state index in [9.17, 15) is 4.79 Å². The number of nitrogens with one attached hydrogen (secondary N) is 1. The summed E-state index contributed by atoms with van der Waals surface area (Å²) in [6.07, 6.45) is 9.18. The Kier molecular flexibility index (Phi) is 5.58. The van der Waals surface area contributed by atoms with Crippen LogP contribution in [0.1, 0.15) is 32.1 Å². The lowest BCUT2D eigenvalue weighted by molar-refractivity contribution is 0.228. The highest BCUT2D eigenvalue weighted by molar-refractivity contribution is 5.95. The Morgan fingerprint density at radius 1 is 0.969 bits per heavy atom. The highest BCUT2D eigenvalue weighted by atomic mass is 16.2. The van der Waals surface area contributed by atoms with Crippen molar-refractivity contribution < 1.29 is 4.79 Å². The second-order valence-corrected chi connectivity index (χ2v) is 9.31. The molecule has 0 unspecified atom stereocenters. The van der Waals surface area contributed by atoms with Gasteiger partial charge in [0.25, 0.3) is 0 Å². The highest BCUT2D eigenvalue weighted by Gasteiger charge is 2.50. The van der Waals surface area contributed by atoms with Gasteiger partial charge in [-0.1, -0.05) is 19.3 Å². The van der Waals surface area contributed by atoms with Crippen LogP contribution in [0, 0.1) is 0 Å². The molecule has 1 saturated carbocycles. The average Bonchev–Trinajstić information content (AvgIpc) is 3.04. The molecule has 4 heterocycles. The number of carbonyl (C=O) groups is 1. The van der Waals surface area contributed by atoms with Crippen molar-refractivity contribution in [2.24, 2.45) is 0 Å². The van der Waals surface area contributed by atoms with Gasteiger partial charge in [0.15, 0.2) is 0 Å². The number of piperazine rings is 1. The molecular weight excluding hydrogens is 404 g/mol. The Bertz CT molecular complexity index is 951. The van der Waals surface area contributed by atoms with Gasteiger partial charge in [-0.25, -0.2) is 14.8 Å². The van der Waals surface area contributed by atoms with Crippen molar-refractivity contribution in [1.82, 2.24) is 24.8 Å². The minimum Gasteiger partial charge on any atom is -0.368 e. The zero-order valence-electron chi connectivity index (χ0n) is 19.0. The zero-order valence-corrected chi connectivity index (χ0v) is 19.0. The molecule has 3 aliphatic rings. The van der Waals surface area contributed by atoms with E-state index in [4.69, 9.17) is 4.98 Å². The van der Waals surface area contributed by atoms with Crippen LogP contribution in [0.3, 0.4) is 0 Å². The van der Waals surface area contributed by atoms with Crippen molar-refractivity contribution in [3.05, 3.63) is 30.6 Å². The molecule has 9 nitrogen and oxygen atoms in total. The first kappa shape index (κ1) is 20.9. The van der Waals surface area contributed by atoms with Crippen LogP contribution in [0.25, 0.3) is 0 Å². The second kappa shape index (κ2) is 8.54. The molecule has 2 saturated heterocycles. The van der Waals surface area contributed by atoms with Crippen molar-refractivity contribution >= 4 is 29.3 Å². The third-order valence-corrected chi connectivity index (χ3v) is 7.03. The van der Waals surface area contributed by atoms with Crippen LogP contribution in [0.4, 0.5) is 28.1 Å². The third-order valence-electron chi connectivity index (χ3n) is 7.03. The van der Waals surface area contributed by atoms with Gasteiger partial charge in [0.05, 0.1) is 17.4 Å². The van der Waals surface area contributed by atoms with Crippen molar-refractivity contribution in [3.8, 4) is 0 Å². The van der Waals surface area contributed by atoms with Gasteiger partial charge in [-0.05, 0) is 38.1 Å². The van der Waals surface area contributed by atoms with Crippen molar-refractivity contribution in [2.75, 3.05) is 61.9 Å². The number of carbonyl (C=O) groups excluding carboxylic acids is 1.